The normalized spacial score (nSPS) is 17.9. The molecule has 3 rings (SSSR count). The summed E-state index contributed by atoms with van der Waals surface area (Å²) in [6.45, 7) is 3.54. The smallest absolute Gasteiger partial charge is 0.254 e. The molecule has 20 heavy (non-hydrogen) atoms. The summed E-state index contributed by atoms with van der Waals surface area (Å²) in [7, 11) is 0. The van der Waals surface area contributed by atoms with Crippen molar-refractivity contribution >= 4 is 22.4 Å². The summed E-state index contributed by atoms with van der Waals surface area (Å²) in [4.78, 5) is 17.1. The number of aromatic nitrogens is 3. The molecule has 1 saturated heterocycles. The standard InChI is InChI=1S/C13H17N5OS/c1-10-9-20-12(16-10)17-11(19)13(3-6-14-7-4-13)18-8-2-5-15-18/h2,5,8-9,14H,3-4,6-7H2,1H3,(H,16,17,19). The molecule has 1 amide bonds. The van der Waals surface area contributed by atoms with Crippen LogP contribution in [-0.4, -0.2) is 33.8 Å². The van der Waals surface area contributed by atoms with E-state index in [0.717, 1.165) is 31.6 Å². The summed E-state index contributed by atoms with van der Waals surface area (Å²) in [6, 6.07) is 1.85. The van der Waals surface area contributed by atoms with Crippen molar-refractivity contribution < 1.29 is 4.79 Å². The highest BCUT2D eigenvalue weighted by Crippen LogP contribution is 2.29. The number of hydrogen-bond acceptors (Lipinski definition) is 5. The zero-order valence-corrected chi connectivity index (χ0v) is 12.1. The molecule has 106 valence electrons. The predicted molar refractivity (Wildman–Crippen MR) is 77.8 cm³/mol. The second-order valence-electron chi connectivity index (χ2n) is 4.98. The van der Waals surface area contributed by atoms with Gasteiger partial charge in [-0.2, -0.15) is 5.10 Å². The molecule has 0 atom stereocenters. The number of nitrogens with one attached hydrogen (secondary N) is 2. The Morgan fingerprint density at radius 2 is 2.30 bits per heavy atom. The van der Waals surface area contributed by atoms with Gasteiger partial charge in [-0.15, -0.1) is 11.3 Å². The van der Waals surface area contributed by atoms with Crippen molar-refractivity contribution in [2.75, 3.05) is 18.4 Å². The Morgan fingerprint density at radius 1 is 1.50 bits per heavy atom. The van der Waals surface area contributed by atoms with Crippen molar-refractivity contribution in [3.05, 3.63) is 29.5 Å². The lowest BCUT2D eigenvalue weighted by Gasteiger charge is -2.36. The lowest BCUT2D eigenvalue weighted by atomic mass is 9.87. The van der Waals surface area contributed by atoms with Gasteiger partial charge in [-0.25, -0.2) is 4.98 Å². The van der Waals surface area contributed by atoms with E-state index in [1.165, 1.54) is 11.3 Å². The van der Waals surface area contributed by atoms with E-state index in [1.54, 1.807) is 10.9 Å². The quantitative estimate of drug-likeness (QED) is 0.896. The van der Waals surface area contributed by atoms with Crippen LogP contribution < -0.4 is 10.6 Å². The molecule has 0 saturated carbocycles. The number of aryl methyl sites for hydroxylation is 1. The van der Waals surface area contributed by atoms with Gasteiger partial charge in [-0.3, -0.25) is 14.8 Å². The van der Waals surface area contributed by atoms with Crippen molar-refractivity contribution in [3.63, 3.8) is 0 Å². The van der Waals surface area contributed by atoms with Crippen LogP contribution in [0.2, 0.25) is 0 Å². The molecule has 0 unspecified atom stereocenters. The molecule has 0 bridgehead atoms. The van der Waals surface area contributed by atoms with Gasteiger partial charge in [0, 0.05) is 17.8 Å². The molecule has 2 aromatic heterocycles. The van der Waals surface area contributed by atoms with Crippen LogP contribution in [0.15, 0.2) is 23.8 Å². The van der Waals surface area contributed by atoms with Crippen molar-refractivity contribution in [2.24, 2.45) is 0 Å². The highest BCUT2D eigenvalue weighted by atomic mass is 32.1. The van der Waals surface area contributed by atoms with Gasteiger partial charge in [0.2, 0.25) is 0 Å². The maximum atomic E-state index is 12.8. The number of rotatable bonds is 3. The third-order valence-corrected chi connectivity index (χ3v) is 4.51. The second-order valence-corrected chi connectivity index (χ2v) is 5.84. The number of amides is 1. The summed E-state index contributed by atoms with van der Waals surface area (Å²) in [6.07, 6.45) is 5.03. The van der Waals surface area contributed by atoms with Gasteiger partial charge in [0.1, 0.15) is 5.54 Å². The second kappa shape index (κ2) is 5.34. The number of carbonyl (C=O) groups excluding carboxylic acids is 1. The average Bonchev–Trinajstić information content (AvgIpc) is 3.11. The molecule has 7 heteroatoms. The van der Waals surface area contributed by atoms with Crippen LogP contribution in [-0.2, 0) is 10.3 Å². The maximum Gasteiger partial charge on any atom is 0.254 e. The summed E-state index contributed by atoms with van der Waals surface area (Å²) in [5.41, 5.74) is 0.303. The third kappa shape index (κ3) is 2.34. The van der Waals surface area contributed by atoms with Crippen molar-refractivity contribution in [3.8, 4) is 0 Å². The minimum absolute atomic E-state index is 0.0305. The van der Waals surface area contributed by atoms with Crippen molar-refractivity contribution in [1.82, 2.24) is 20.1 Å². The van der Waals surface area contributed by atoms with E-state index in [2.05, 4.69) is 20.7 Å². The number of piperidine rings is 1. The molecule has 2 N–H and O–H groups in total. The first-order valence-corrected chi connectivity index (χ1v) is 7.53. The van der Waals surface area contributed by atoms with E-state index in [9.17, 15) is 4.79 Å². The lowest BCUT2D eigenvalue weighted by molar-refractivity contribution is -0.126. The first-order chi connectivity index (χ1) is 9.71. The average molecular weight is 291 g/mol. The highest BCUT2D eigenvalue weighted by Gasteiger charge is 2.42. The lowest BCUT2D eigenvalue weighted by Crippen LogP contribution is -2.52. The Kier molecular flexibility index (Phi) is 3.54. The predicted octanol–water partition coefficient (Wildman–Crippen LogP) is 1.37. The van der Waals surface area contributed by atoms with E-state index in [4.69, 9.17) is 0 Å². The van der Waals surface area contributed by atoms with E-state index in [0.29, 0.717) is 5.13 Å². The molecule has 6 nitrogen and oxygen atoms in total. The summed E-state index contributed by atoms with van der Waals surface area (Å²) < 4.78 is 1.78. The van der Waals surface area contributed by atoms with Gasteiger partial charge >= 0.3 is 0 Å². The molecular weight excluding hydrogens is 274 g/mol. The van der Waals surface area contributed by atoms with Crippen LogP contribution >= 0.6 is 11.3 Å². The van der Waals surface area contributed by atoms with Crippen molar-refractivity contribution in [1.29, 1.82) is 0 Å². The van der Waals surface area contributed by atoms with E-state index in [1.807, 2.05) is 24.6 Å². The zero-order valence-electron chi connectivity index (χ0n) is 11.3. The van der Waals surface area contributed by atoms with Crippen LogP contribution in [0.5, 0.6) is 0 Å². The first kappa shape index (κ1) is 13.3. The van der Waals surface area contributed by atoms with Gasteiger partial charge in [0.15, 0.2) is 5.13 Å². The van der Waals surface area contributed by atoms with Gasteiger partial charge < -0.3 is 5.32 Å². The summed E-state index contributed by atoms with van der Waals surface area (Å²) in [5.74, 6) is -0.0305. The molecular formula is C13H17N5OS. The van der Waals surface area contributed by atoms with Crippen LogP contribution in [0.3, 0.4) is 0 Å². The number of carbonyl (C=O) groups is 1. The highest BCUT2D eigenvalue weighted by molar-refractivity contribution is 7.13. The topological polar surface area (TPSA) is 71.8 Å². The molecule has 0 spiro atoms. The van der Waals surface area contributed by atoms with Crippen LogP contribution in [0.1, 0.15) is 18.5 Å². The molecule has 3 heterocycles. The van der Waals surface area contributed by atoms with Gasteiger partial charge in [0.05, 0.1) is 5.69 Å². The van der Waals surface area contributed by atoms with Gasteiger partial charge in [-0.1, -0.05) is 0 Å². The molecule has 0 radical (unpaired) electrons. The summed E-state index contributed by atoms with van der Waals surface area (Å²) in [5, 5.41) is 13.1. The number of anilines is 1. The first-order valence-electron chi connectivity index (χ1n) is 6.65. The molecule has 1 aliphatic heterocycles. The Morgan fingerprint density at radius 3 is 2.90 bits per heavy atom. The monoisotopic (exact) mass is 291 g/mol. The number of thiazole rings is 1. The van der Waals surface area contributed by atoms with Gasteiger partial charge in [-0.05, 0) is 38.9 Å². The Labute approximate surface area is 121 Å². The fraction of sp³-hybridized carbons (Fsp3) is 0.462. The van der Waals surface area contributed by atoms with Gasteiger partial charge in [0.25, 0.3) is 5.91 Å². The minimum atomic E-state index is -0.617. The Balaban J connectivity index is 1.87. The third-order valence-electron chi connectivity index (χ3n) is 3.64. The van der Waals surface area contributed by atoms with Crippen LogP contribution in [0, 0.1) is 6.92 Å². The van der Waals surface area contributed by atoms with Crippen LogP contribution in [0.25, 0.3) is 0 Å². The van der Waals surface area contributed by atoms with E-state index >= 15 is 0 Å². The largest absolute Gasteiger partial charge is 0.317 e. The van der Waals surface area contributed by atoms with E-state index in [-0.39, 0.29) is 5.91 Å². The van der Waals surface area contributed by atoms with Crippen LogP contribution in [0.4, 0.5) is 5.13 Å². The minimum Gasteiger partial charge on any atom is -0.317 e. The van der Waals surface area contributed by atoms with Crippen molar-refractivity contribution in [2.45, 2.75) is 25.3 Å². The maximum absolute atomic E-state index is 12.8. The van der Waals surface area contributed by atoms with E-state index < -0.39 is 5.54 Å². The molecule has 0 aliphatic carbocycles. The summed E-state index contributed by atoms with van der Waals surface area (Å²) >= 11 is 1.45. The number of hydrogen-bond donors (Lipinski definition) is 2. The molecule has 1 fully saturated rings. The Bertz CT molecular complexity index is 586. The zero-order chi connectivity index (χ0) is 14.0. The molecule has 0 aromatic carbocycles. The molecule has 2 aromatic rings. The SMILES string of the molecule is Cc1csc(NC(=O)C2(n3cccn3)CCNCC2)n1. The Hall–Kier alpha value is -1.73. The molecule has 1 aliphatic rings. The fourth-order valence-corrected chi connectivity index (χ4v) is 3.23. The number of nitrogens with zero attached hydrogens (tertiary/aromatic N) is 3. The fourth-order valence-electron chi connectivity index (χ4n) is 2.55.